The molecule has 8 heteroatoms. The maximum Gasteiger partial charge on any atom is 0.351 e. The highest BCUT2D eigenvalue weighted by molar-refractivity contribution is 5.28. The van der Waals surface area contributed by atoms with Crippen LogP contribution in [0.25, 0.3) is 0 Å². The van der Waals surface area contributed by atoms with E-state index in [4.69, 9.17) is 19.4 Å². The molecule has 20 heavy (non-hydrogen) atoms. The highest BCUT2D eigenvalue weighted by Crippen LogP contribution is 2.42. The lowest BCUT2D eigenvalue weighted by atomic mass is 10.1. The Labute approximate surface area is 115 Å². The molecule has 2 N–H and O–H groups in total. The maximum absolute atomic E-state index is 12.0. The minimum absolute atomic E-state index is 0.0813. The zero-order valence-electron chi connectivity index (χ0n) is 11.4. The molecule has 0 radical (unpaired) electrons. The Morgan fingerprint density at radius 3 is 2.75 bits per heavy atom. The maximum atomic E-state index is 12.0. The van der Waals surface area contributed by atoms with Gasteiger partial charge in [-0.1, -0.05) is 0 Å². The summed E-state index contributed by atoms with van der Waals surface area (Å²) in [6.45, 7) is 5.54. The average Bonchev–Trinajstić information content (AvgIpc) is 2.85. The van der Waals surface area contributed by atoms with E-state index in [1.54, 1.807) is 0 Å². The van der Waals surface area contributed by atoms with Gasteiger partial charge in [-0.05, 0) is 26.8 Å². The number of anilines is 1. The average molecular weight is 283 g/mol. The number of hydrogen-bond donors (Lipinski definition) is 2. The van der Waals surface area contributed by atoms with Gasteiger partial charge in [0, 0.05) is 6.20 Å². The van der Waals surface area contributed by atoms with Crippen LogP contribution in [0.3, 0.4) is 0 Å². The summed E-state index contributed by atoms with van der Waals surface area (Å²) in [4.78, 5) is 15.6. The van der Waals surface area contributed by atoms with Gasteiger partial charge in [-0.25, -0.2) is 4.79 Å². The molecular formula is C12H17N3O5. The van der Waals surface area contributed by atoms with Crippen LogP contribution >= 0.6 is 0 Å². The summed E-state index contributed by atoms with van der Waals surface area (Å²) < 4.78 is 18.7. The SMILES string of the molecule is C[C@H]1O[C@@H](n2ccc(NO)nc2=O)C2OC(C)(C)O[C@H]21. The summed E-state index contributed by atoms with van der Waals surface area (Å²) in [5.41, 5.74) is 1.30. The fraction of sp³-hybridized carbons (Fsp3) is 0.667. The van der Waals surface area contributed by atoms with Crippen molar-refractivity contribution >= 4 is 5.82 Å². The van der Waals surface area contributed by atoms with Crippen molar-refractivity contribution in [3.63, 3.8) is 0 Å². The Bertz CT molecular complexity index is 572. The Balaban J connectivity index is 1.93. The first-order valence-electron chi connectivity index (χ1n) is 6.42. The van der Waals surface area contributed by atoms with E-state index in [9.17, 15) is 4.79 Å². The number of fused-ring (bicyclic) bond motifs is 1. The second-order valence-electron chi connectivity index (χ2n) is 5.41. The van der Waals surface area contributed by atoms with E-state index < -0.39 is 17.7 Å². The number of hydrogen-bond acceptors (Lipinski definition) is 7. The van der Waals surface area contributed by atoms with Gasteiger partial charge in [0.05, 0.1) is 6.10 Å². The predicted octanol–water partition coefficient (Wildman–Crippen LogP) is 0.482. The Morgan fingerprint density at radius 1 is 1.40 bits per heavy atom. The molecule has 0 spiro atoms. The molecule has 2 saturated heterocycles. The number of rotatable bonds is 2. The molecule has 1 aromatic heterocycles. The van der Waals surface area contributed by atoms with Crippen molar-refractivity contribution in [3.05, 3.63) is 22.7 Å². The zero-order valence-corrected chi connectivity index (χ0v) is 11.4. The molecule has 0 aromatic carbocycles. The fourth-order valence-corrected chi connectivity index (χ4v) is 2.67. The Hall–Kier alpha value is -1.48. The quantitative estimate of drug-likeness (QED) is 0.762. The van der Waals surface area contributed by atoms with Crippen molar-refractivity contribution in [3.8, 4) is 0 Å². The standard InChI is InChI=1S/C12H17N3O5/c1-6-8-9(20-12(2,3)19-8)10(18-6)15-5-4-7(14-17)13-11(15)16/h4-6,8-10,17H,1-3H3,(H,13,14,16)/t6-,8+,9?,10-/m1/s1. The largest absolute Gasteiger partial charge is 0.351 e. The molecule has 1 unspecified atom stereocenters. The van der Waals surface area contributed by atoms with Crippen LogP contribution in [0.4, 0.5) is 5.82 Å². The molecule has 1 aromatic rings. The van der Waals surface area contributed by atoms with Gasteiger partial charge >= 0.3 is 5.69 Å². The van der Waals surface area contributed by atoms with Crippen molar-refractivity contribution in [2.75, 3.05) is 5.48 Å². The van der Waals surface area contributed by atoms with E-state index in [1.807, 2.05) is 26.3 Å². The summed E-state index contributed by atoms with van der Waals surface area (Å²) in [7, 11) is 0. The van der Waals surface area contributed by atoms with Gasteiger partial charge in [0.1, 0.15) is 12.2 Å². The molecule has 2 aliphatic rings. The van der Waals surface area contributed by atoms with Crippen LogP contribution in [-0.4, -0.2) is 38.9 Å². The Morgan fingerprint density at radius 2 is 2.10 bits per heavy atom. The van der Waals surface area contributed by atoms with Gasteiger partial charge in [0.25, 0.3) is 0 Å². The van der Waals surface area contributed by atoms with E-state index in [0.29, 0.717) is 0 Å². The summed E-state index contributed by atoms with van der Waals surface area (Å²) in [6, 6.07) is 1.48. The molecule has 3 rings (SSSR count). The first-order chi connectivity index (χ1) is 9.41. The first-order valence-corrected chi connectivity index (χ1v) is 6.42. The van der Waals surface area contributed by atoms with E-state index >= 15 is 0 Å². The van der Waals surface area contributed by atoms with E-state index in [-0.39, 0.29) is 24.1 Å². The van der Waals surface area contributed by atoms with Crippen LogP contribution < -0.4 is 11.2 Å². The number of ether oxygens (including phenoxy) is 3. The first kappa shape index (κ1) is 13.5. The zero-order chi connectivity index (χ0) is 14.5. The second kappa shape index (κ2) is 4.52. The minimum Gasteiger partial charge on any atom is -0.349 e. The lowest BCUT2D eigenvalue weighted by molar-refractivity contribution is -0.195. The van der Waals surface area contributed by atoms with Gasteiger partial charge in [0.2, 0.25) is 0 Å². The summed E-state index contributed by atoms with van der Waals surface area (Å²) in [6.07, 6.45) is 0.131. The molecule has 110 valence electrons. The lowest BCUT2D eigenvalue weighted by Gasteiger charge is -2.23. The van der Waals surface area contributed by atoms with Crippen molar-refractivity contribution < 1.29 is 19.4 Å². The van der Waals surface area contributed by atoms with E-state index in [2.05, 4.69) is 4.98 Å². The lowest BCUT2D eigenvalue weighted by Crippen LogP contribution is -2.34. The monoisotopic (exact) mass is 283 g/mol. The highest BCUT2D eigenvalue weighted by atomic mass is 16.8. The fourth-order valence-electron chi connectivity index (χ4n) is 2.67. The minimum atomic E-state index is -0.699. The van der Waals surface area contributed by atoms with Crippen LogP contribution in [-0.2, 0) is 14.2 Å². The topological polar surface area (TPSA) is 94.8 Å². The third kappa shape index (κ3) is 2.10. The second-order valence-corrected chi connectivity index (χ2v) is 5.41. The van der Waals surface area contributed by atoms with Gasteiger partial charge in [-0.2, -0.15) is 4.98 Å². The summed E-state index contributed by atoms with van der Waals surface area (Å²) in [5.74, 6) is -0.618. The van der Waals surface area contributed by atoms with Crippen molar-refractivity contribution in [1.82, 2.24) is 9.55 Å². The molecule has 4 atom stereocenters. The normalized spacial score (nSPS) is 35.0. The van der Waals surface area contributed by atoms with Gasteiger partial charge < -0.3 is 14.2 Å². The molecule has 8 nitrogen and oxygen atoms in total. The smallest absolute Gasteiger partial charge is 0.349 e. The van der Waals surface area contributed by atoms with Crippen molar-refractivity contribution in [2.45, 2.75) is 51.1 Å². The molecular weight excluding hydrogens is 266 g/mol. The third-order valence-electron chi connectivity index (χ3n) is 3.48. The third-order valence-corrected chi connectivity index (χ3v) is 3.48. The molecule has 0 amide bonds. The summed E-state index contributed by atoms with van der Waals surface area (Å²) >= 11 is 0. The van der Waals surface area contributed by atoms with E-state index in [1.165, 1.54) is 16.8 Å². The van der Waals surface area contributed by atoms with Crippen molar-refractivity contribution in [2.24, 2.45) is 0 Å². The number of nitrogens with zero attached hydrogens (tertiary/aromatic N) is 2. The van der Waals surface area contributed by atoms with Gasteiger partial charge in [0.15, 0.2) is 17.8 Å². The molecule has 3 heterocycles. The highest BCUT2D eigenvalue weighted by Gasteiger charge is 2.54. The van der Waals surface area contributed by atoms with Gasteiger partial charge in [-0.15, -0.1) is 0 Å². The van der Waals surface area contributed by atoms with Crippen LogP contribution in [0.15, 0.2) is 17.1 Å². The molecule has 0 bridgehead atoms. The van der Waals surface area contributed by atoms with Crippen molar-refractivity contribution in [1.29, 1.82) is 0 Å². The van der Waals surface area contributed by atoms with Gasteiger partial charge in [-0.3, -0.25) is 15.3 Å². The Kier molecular flexibility index (Phi) is 3.05. The predicted molar refractivity (Wildman–Crippen MR) is 67.3 cm³/mol. The summed E-state index contributed by atoms with van der Waals surface area (Å²) in [5, 5.41) is 8.74. The van der Waals surface area contributed by atoms with Crippen LogP contribution in [0, 0.1) is 0 Å². The molecule has 0 saturated carbocycles. The number of nitrogens with one attached hydrogen (secondary N) is 1. The van der Waals surface area contributed by atoms with E-state index in [0.717, 1.165) is 0 Å². The van der Waals surface area contributed by atoms with Crippen LogP contribution in [0.1, 0.15) is 27.0 Å². The molecule has 2 aliphatic heterocycles. The molecule has 0 aliphatic carbocycles. The van der Waals surface area contributed by atoms with Crippen LogP contribution in [0.5, 0.6) is 0 Å². The van der Waals surface area contributed by atoms with Crippen LogP contribution in [0.2, 0.25) is 0 Å². The molecule has 2 fully saturated rings. The number of aromatic nitrogens is 2.